The van der Waals surface area contributed by atoms with Crippen LogP contribution in [0.1, 0.15) is 38.8 Å². The molecule has 0 aliphatic carbocycles. The fraction of sp³-hybridized carbons (Fsp3) is 0.222. The smallest absolute Gasteiger partial charge is 0.343 e. The van der Waals surface area contributed by atoms with Gasteiger partial charge in [-0.3, -0.25) is 14.9 Å². The van der Waals surface area contributed by atoms with Crippen LogP contribution in [0.3, 0.4) is 0 Å². The van der Waals surface area contributed by atoms with Crippen LogP contribution in [-0.4, -0.2) is 36.0 Å². The minimum atomic E-state index is -0.904. The Balaban J connectivity index is 1.93. The second-order valence-electron chi connectivity index (χ2n) is 5.75. The number of Topliss-reactive ketones (excluding diaryl/α,β-unsaturated/α-hetero) is 1. The minimum Gasteiger partial charge on any atom is -0.507 e. The van der Waals surface area contributed by atoms with Crippen molar-refractivity contribution in [1.82, 2.24) is 0 Å². The molecule has 0 saturated carbocycles. The molecule has 27 heavy (non-hydrogen) atoms. The molecule has 1 N–H and O–H groups in total. The molecule has 0 amide bonds. The zero-order valence-corrected chi connectivity index (χ0v) is 14.4. The van der Waals surface area contributed by atoms with Gasteiger partial charge in [0, 0.05) is 17.7 Å². The van der Waals surface area contributed by atoms with Crippen LogP contribution < -0.4 is 9.47 Å². The third-order valence-electron chi connectivity index (χ3n) is 4.24. The molecular weight excluding hydrogens is 358 g/mol. The molecule has 9 heteroatoms. The number of rotatable bonds is 6. The quantitative estimate of drug-likeness (QED) is 0.355. The average Bonchev–Trinajstić information content (AvgIpc) is 2.96. The number of ketones is 1. The molecule has 0 radical (unpaired) electrons. The van der Waals surface area contributed by atoms with Gasteiger partial charge in [-0.2, -0.15) is 0 Å². The Hall–Kier alpha value is -3.62. The molecule has 2 aromatic rings. The van der Waals surface area contributed by atoms with Gasteiger partial charge in [-0.15, -0.1) is 0 Å². The summed E-state index contributed by atoms with van der Waals surface area (Å²) in [6.45, 7) is 0. The minimum absolute atomic E-state index is 0.165. The van der Waals surface area contributed by atoms with E-state index in [0.717, 1.165) is 18.2 Å². The fourth-order valence-electron chi connectivity index (χ4n) is 2.96. The molecule has 9 nitrogen and oxygen atoms in total. The highest BCUT2D eigenvalue weighted by atomic mass is 16.6. The van der Waals surface area contributed by atoms with E-state index in [2.05, 4.69) is 0 Å². The summed E-state index contributed by atoms with van der Waals surface area (Å²) in [5.41, 5.74) is 0.0642. The van der Waals surface area contributed by atoms with Crippen molar-refractivity contribution in [1.29, 1.82) is 0 Å². The van der Waals surface area contributed by atoms with Crippen LogP contribution in [0.5, 0.6) is 17.2 Å². The highest BCUT2D eigenvalue weighted by Crippen LogP contribution is 2.43. The molecule has 0 spiro atoms. The van der Waals surface area contributed by atoms with Gasteiger partial charge in [-0.25, -0.2) is 4.79 Å². The van der Waals surface area contributed by atoms with E-state index in [1.807, 2.05) is 0 Å². The number of esters is 1. The third-order valence-corrected chi connectivity index (χ3v) is 4.24. The van der Waals surface area contributed by atoms with Crippen molar-refractivity contribution in [2.24, 2.45) is 0 Å². The van der Waals surface area contributed by atoms with Crippen LogP contribution in [0.15, 0.2) is 30.3 Å². The Kier molecular flexibility index (Phi) is 4.68. The van der Waals surface area contributed by atoms with Gasteiger partial charge in [0.25, 0.3) is 5.69 Å². The zero-order chi connectivity index (χ0) is 19.7. The SMILES string of the molecule is COc1ccc2c(c1OC)C(=O)O[C@H]2CC(=O)c1cc([N+](=O)[O-])ccc1O. The standard InChI is InChI=1S/C18H15NO8/c1-25-14-6-4-10-15(27-18(22)16(10)17(14)26-2)8-13(21)11-7-9(19(23)24)3-5-12(11)20/h3-7,15,20H,8H2,1-2H3/t15-/m0/s1. The highest BCUT2D eigenvalue weighted by molar-refractivity contribution is 6.02. The number of aromatic hydroxyl groups is 1. The molecule has 0 unspecified atom stereocenters. The van der Waals surface area contributed by atoms with E-state index in [0.29, 0.717) is 11.3 Å². The molecule has 0 bridgehead atoms. The Labute approximate surface area is 153 Å². The number of nitro benzene ring substituents is 1. The number of nitro groups is 1. The molecule has 2 aromatic carbocycles. The second-order valence-corrected chi connectivity index (χ2v) is 5.75. The number of cyclic esters (lactones) is 1. The number of hydrogen-bond acceptors (Lipinski definition) is 8. The first kappa shape index (κ1) is 18.2. The van der Waals surface area contributed by atoms with E-state index in [-0.39, 0.29) is 34.7 Å². The normalized spacial score (nSPS) is 15.0. The van der Waals surface area contributed by atoms with Crippen molar-refractivity contribution < 1.29 is 33.8 Å². The zero-order valence-electron chi connectivity index (χ0n) is 14.4. The van der Waals surface area contributed by atoms with Crippen LogP contribution >= 0.6 is 0 Å². The van der Waals surface area contributed by atoms with Crippen LogP contribution in [0.25, 0.3) is 0 Å². The molecule has 3 rings (SSSR count). The van der Waals surface area contributed by atoms with E-state index >= 15 is 0 Å². The molecule has 1 aliphatic heterocycles. The van der Waals surface area contributed by atoms with Crippen LogP contribution in [-0.2, 0) is 4.74 Å². The predicted molar refractivity (Wildman–Crippen MR) is 91.4 cm³/mol. The number of phenolic OH excluding ortho intramolecular Hbond substituents is 1. The highest BCUT2D eigenvalue weighted by Gasteiger charge is 2.37. The Morgan fingerprint density at radius 1 is 1.26 bits per heavy atom. The summed E-state index contributed by atoms with van der Waals surface area (Å²) in [5.74, 6) is -1.11. The van der Waals surface area contributed by atoms with Crippen molar-refractivity contribution in [2.75, 3.05) is 14.2 Å². The molecular formula is C18H15NO8. The number of non-ortho nitro benzene ring substituents is 1. The number of carbonyl (C=O) groups excluding carboxylic acids is 2. The molecule has 0 fully saturated rings. The lowest BCUT2D eigenvalue weighted by atomic mass is 9.97. The van der Waals surface area contributed by atoms with E-state index in [1.165, 1.54) is 14.2 Å². The summed E-state index contributed by atoms with van der Waals surface area (Å²) in [7, 11) is 2.81. The van der Waals surface area contributed by atoms with Crippen LogP contribution in [0, 0.1) is 10.1 Å². The molecule has 140 valence electrons. The van der Waals surface area contributed by atoms with Gasteiger partial charge in [-0.05, 0) is 12.1 Å². The molecule has 0 aromatic heterocycles. The van der Waals surface area contributed by atoms with Gasteiger partial charge >= 0.3 is 5.97 Å². The average molecular weight is 373 g/mol. The first-order chi connectivity index (χ1) is 12.9. The molecule has 0 saturated heterocycles. The summed E-state index contributed by atoms with van der Waals surface area (Å²) in [6, 6.07) is 6.33. The Morgan fingerprint density at radius 3 is 2.63 bits per heavy atom. The van der Waals surface area contributed by atoms with Crippen molar-refractivity contribution in [2.45, 2.75) is 12.5 Å². The Bertz CT molecular complexity index is 953. The predicted octanol–water partition coefficient (Wildman–Crippen LogP) is 2.80. The van der Waals surface area contributed by atoms with Crippen molar-refractivity contribution >= 4 is 17.4 Å². The molecule has 1 heterocycles. The first-order valence-electron chi connectivity index (χ1n) is 7.83. The number of nitrogens with zero attached hydrogens (tertiary/aromatic N) is 1. The van der Waals surface area contributed by atoms with E-state index in [9.17, 15) is 24.8 Å². The number of ether oxygens (including phenoxy) is 3. The van der Waals surface area contributed by atoms with Gasteiger partial charge in [0.05, 0.1) is 31.1 Å². The maximum absolute atomic E-state index is 12.6. The number of phenols is 1. The monoisotopic (exact) mass is 373 g/mol. The summed E-state index contributed by atoms with van der Waals surface area (Å²) >= 11 is 0. The number of benzene rings is 2. The first-order valence-corrected chi connectivity index (χ1v) is 7.83. The Morgan fingerprint density at radius 2 is 2.00 bits per heavy atom. The largest absolute Gasteiger partial charge is 0.507 e. The van der Waals surface area contributed by atoms with Crippen molar-refractivity contribution in [3.05, 3.63) is 57.1 Å². The van der Waals surface area contributed by atoms with Gasteiger partial charge in [0.1, 0.15) is 17.4 Å². The lowest BCUT2D eigenvalue weighted by Gasteiger charge is -2.12. The fourth-order valence-corrected chi connectivity index (χ4v) is 2.96. The summed E-state index contributed by atoms with van der Waals surface area (Å²) in [5, 5.41) is 20.8. The third kappa shape index (κ3) is 3.14. The van der Waals surface area contributed by atoms with Crippen LogP contribution in [0.4, 0.5) is 5.69 Å². The number of hydrogen-bond donors (Lipinski definition) is 1. The van der Waals surface area contributed by atoms with Crippen molar-refractivity contribution in [3.8, 4) is 17.2 Å². The van der Waals surface area contributed by atoms with E-state index in [1.54, 1.807) is 12.1 Å². The lowest BCUT2D eigenvalue weighted by molar-refractivity contribution is -0.384. The lowest BCUT2D eigenvalue weighted by Crippen LogP contribution is -2.08. The van der Waals surface area contributed by atoms with Crippen molar-refractivity contribution in [3.63, 3.8) is 0 Å². The number of fused-ring (bicyclic) bond motifs is 1. The second kappa shape index (κ2) is 6.94. The van der Waals surface area contributed by atoms with Gasteiger partial charge in [0.15, 0.2) is 17.3 Å². The van der Waals surface area contributed by atoms with Crippen LogP contribution in [0.2, 0.25) is 0 Å². The number of carbonyl (C=O) groups is 2. The summed E-state index contributed by atoms with van der Waals surface area (Å²) in [4.78, 5) is 35.0. The van der Waals surface area contributed by atoms with E-state index < -0.39 is 22.8 Å². The maximum atomic E-state index is 12.6. The van der Waals surface area contributed by atoms with Gasteiger partial charge in [0.2, 0.25) is 0 Å². The maximum Gasteiger partial charge on any atom is 0.343 e. The molecule has 1 aliphatic rings. The van der Waals surface area contributed by atoms with Gasteiger partial charge < -0.3 is 19.3 Å². The van der Waals surface area contributed by atoms with E-state index in [4.69, 9.17) is 14.2 Å². The summed E-state index contributed by atoms with van der Waals surface area (Å²) < 4.78 is 15.6. The topological polar surface area (TPSA) is 125 Å². The summed E-state index contributed by atoms with van der Waals surface area (Å²) in [6.07, 6.45) is -1.19. The van der Waals surface area contributed by atoms with Gasteiger partial charge in [-0.1, -0.05) is 6.07 Å². The number of methoxy groups -OCH3 is 2. The molecule has 1 atom stereocenters.